The average molecular weight is 304 g/mol. The molecule has 1 aromatic rings. The maximum absolute atomic E-state index is 13.0. The molecule has 2 saturated carbocycles. The van der Waals surface area contributed by atoms with Crippen LogP contribution < -0.4 is 5.32 Å². The molecule has 4 rings (SSSR count). The second-order valence-electron chi connectivity index (χ2n) is 7.03. The molecule has 1 amide bonds. The highest BCUT2D eigenvalue weighted by Crippen LogP contribution is 2.49. The van der Waals surface area contributed by atoms with E-state index in [1.54, 1.807) is 0 Å². The lowest BCUT2D eigenvalue weighted by molar-refractivity contribution is -0.133. The zero-order chi connectivity index (χ0) is 14.6. The fraction of sp³-hybridized carbons (Fsp3) is 0.706. The van der Waals surface area contributed by atoms with E-state index >= 15 is 0 Å². The molecule has 1 saturated heterocycles. The summed E-state index contributed by atoms with van der Waals surface area (Å²) in [7, 11) is 0. The van der Waals surface area contributed by atoms with Crippen LogP contribution in [0.1, 0.15) is 61.4 Å². The van der Waals surface area contributed by atoms with E-state index in [9.17, 15) is 4.79 Å². The summed E-state index contributed by atoms with van der Waals surface area (Å²) >= 11 is 1.83. The van der Waals surface area contributed by atoms with Gasteiger partial charge in [0.2, 0.25) is 5.91 Å². The maximum Gasteiger partial charge on any atom is 0.244 e. The van der Waals surface area contributed by atoms with Gasteiger partial charge in [0, 0.05) is 15.8 Å². The monoisotopic (exact) mass is 304 g/mol. The van der Waals surface area contributed by atoms with Crippen LogP contribution in [0.4, 0.5) is 0 Å². The fourth-order valence-corrected chi connectivity index (χ4v) is 4.57. The van der Waals surface area contributed by atoms with Crippen molar-refractivity contribution in [3.8, 4) is 0 Å². The minimum absolute atomic E-state index is 0.113. The minimum Gasteiger partial charge on any atom is -0.317 e. The first-order chi connectivity index (χ1) is 10.1. The highest BCUT2D eigenvalue weighted by Gasteiger charge is 2.60. The predicted molar refractivity (Wildman–Crippen MR) is 85.2 cm³/mol. The molecule has 1 aliphatic heterocycles. The molecule has 0 aromatic carbocycles. The van der Waals surface area contributed by atoms with E-state index in [-0.39, 0.29) is 11.7 Å². The number of hydrogen-bond acceptors (Lipinski definition) is 3. The number of rotatable bonds is 5. The van der Waals surface area contributed by atoms with Crippen molar-refractivity contribution >= 4 is 17.2 Å². The lowest BCUT2D eigenvalue weighted by atomic mass is 10.0. The first-order valence-electron chi connectivity index (χ1n) is 8.30. The fourth-order valence-electron chi connectivity index (χ4n) is 3.64. The molecular formula is C17H24N2OS. The van der Waals surface area contributed by atoms with Crippen molar-refractivity contribution in [3.05, 3.63) is 21.9 Å². The Balaban J connectivity index is 1.64. The molecule has 4 heteroatoms. The van der Waals surface area contributed by atoms with E-state index in [2.05, 4.69) is 36.2 Å². The SMILES string of the molecule is CCC(CC1CC1)N1C(=O)C2(CC2)NC1c1ccc(C)s1. The Bertz CT molecular complexity index is 559. The maximum atomic E-state index is 13.0. The zero-order valence-corrected chi connectivity index (χ0v) is 13.7. The summed E-state index contributed by atoms with van der Waals surface area (Å²) in [5, 5.41) is 3.67. The number of nitrogens with zero attached hydrogens (tertiary/aromatic N) is 1. The summed E-state index contributed by atoms with van der Waals surface area (Å²) in [5.74, 6) is 1.23. The number of amides is 1. The Morgan fingerprint density at radius 1 is 1.43 bits per heavy atom. The molecule has 114 valence electrons. The van der Waals surface area contributed by atoms with E-state index in [1.807, 2.05) is 11.3 Å². The molecule has 3 fully saturated rings. The van der Waals surface area contributed by atoms with Crippen LogP contribution in [-0.2, 0) is 4.79 Å². The molecule has 3 aliphatic rings. The van der Waals surface area contributed by atoms with E-state index in [4.69, 9.17) is 0 Å². The van der Waals surface area contributed by atoms with Crippen LogP contribution in [0.25, 0.3) is 0 Å². The molecule has 0 radical (unpaired) electrons. The van der Waals surface area contributed by atoms with Gasteiger partial charge in [-0.25, -0.2) is 0 Å². The largest absolute Gasteiger partial charge is 0.317 e. The summed E-state index contributed by atoms with van der Waals surface area (Å²) in [5.41, 5.74) is -0.209. The Morgan fingerprint density at radius 3 is 2.71 bits per heavy atom. The van der Waals surface area contributed by atoms with Gasteiger partial charge >= 0.3 is 0 Å². The smallest absolute Gasteiger partial charge is 0.244 e. The number of thiophene rings is 1. The van der Waals surface area contributed by atoms with Crippen molar-refractivity contribution in [2.45, 2.75) is 70.1 Å². The van der Waals surface area contributed by atoms with Gasteiger partial charge in [-0.1, -0.05) is 19.8 Å². The van der Waals surface area contributed by atoms with Gasteiger partial charge in [-0.3, -0.25) is 10.1 Å². The zero-order valence-electron chi connectivity index (χ0n) is 12.9. The first-order valence-corrected chi connectivity index (χ1v) is 9.11. The first kappa shape index (κ1) is 13.8. The van der Waals surface area contributed by atoms with Crippen LogP contribution >= 0.6 is 11.3 Å². The number of carbonyl (C=O) groups excluding carboxylic acids is 1. The van der Waals surface area contributed by atoms with Crippen molar-refractivity contribution in [1.82, 2.24) is 10.2 Å². The normalized spacial score (nSPS) is 28.4. The summed E-state index contributed by atoms with van der Waals surface area (Å²) in [6.45, 7) is 4.37. The van der Waals surface area contributed by atoms with Gasteiger partial charge in [-0.05, 0) is 50.7 Å². The number of nitrogens with one attached hydrogen (secondary N) is 1. The van der Waals surface area contributed by atoms with E-state index in [1.165, 1.54) is 29.0 Å². The van der Waals surface area contributed by atoms with Crippen LogP contribution in [0.5, 0.6) is 0 Å². The number of hydrogen-bond donors (Lipinski definition) is 1. The molecule has 2 heterocycles. The molecule has 0 bridgehead atoms. The highest BCUT2D eigenvalue weighted by molar-refractivity contribution is 7.12. The lowest BCUT2D eigenvalue weighted by Gasteiger charge is -2.32. The van der Waals surface area contributed by atoms with Crippen molar-refractivity contribution in [2.24, 2.45) is 5.92 Å². The van der Waals surface area contributed by atoms with Crippen molar-refractivity contribution in [3.63, 3.8) is 0 Å². The van der Waals surface area contributed by atoms with Gasteiger partial charge in [0.1, 0.15) is 11.7 Å². The molecule has 21 heavy (non-hydrogen) atoms. The van der Waals surface area contributed by atoms with Crippen LogP contribution in [0.15, 0.2) is 12.1 Å². The van der Waals surface area contributed by atoms with Gasteiger partial charge < -0.3 is 4.90 Å². The predicted octanol–water partition coefficient (Wildman–Crippen LogP) is 3.60. The average Bonchev–Trinajstić information content (AvgIpc) is 3.36. The molecule has 2 atom stereocenters. The van der Waals surface area contributed by atoms with Crippen LogP contribution in [-0.4, -0.2) is 22.4 Å². The topological polar surface area (TPSA) is 32.3 Å². The van der Waals surface area contributed by atoms with Gasteiger partial charge in [0.15, 0.2) is 0 Å². The lowest BCUT2D eigenvalue weighted by Crippen LogP contribution is -2.40. The van der Waals surface area contributed by atoms with Gasteiger partial charge in [-0.2, -0.15) is 0 Å². The van der Waals surface area contributed by atoms with Crippen LogP contribution in [0.3, 0.4) is 0 Å². The van der Waals surface area contributed by atoms with Gasteiger partial charge in [0.25, 0.3) is 0 Å². The molecule has 1 spiro atoms. The van der Waals surface area contributed by atoms with Crippen LogP contribution in [0, 0.1) is 12.8 Å². The minimum atomic E-state index is -0.209. The number of aryl methyl sites for hydroxylation is 1. The van der Waals surface area contributed by atoms with Crippen molar-refractivity contribution < 1.29 is 4.79 Å². The van der Waals surface area contributed by atoms with E-state index in [0.29, 0.717) is 11.9 Å². The second kappa shape index (κ2) is 4.82. The summed E-state index contributed by atoms with van der Waals surface area (Å²) in [4.78, 5) is 17.8. The standard InChI is InChI=1S/C17H24N2OS/c1-3-13(10-12-5-6-12)19-15(14-7-4-11(2)21-14)18-17(8-9-17)16(19)20/h4,7,12-13,15,18H,3,5-6,8-10H2,1-2H3. The third-order valence-corrected chi connectivity index (χ3v) is 6.34. The van der Waals surface area contributed by atoms with Gasteiger partial charge in [0.05, 0.1) is 0 Å². The Kier molecular flexibility index (Phi) is 3.16. The van der Waals surface area contributed by atoms with E-state index < -0.39 is 0 Å². The van der Waals surface area contributed by atoms with Crippen LogP contribution in [0.2, 0.25) is 0 Å². The Hall–Kier alpha value is -0.870. The molecule has 2 unspecified atom stereocenters. The molecule has 1 N–H and O–H groups in total. The summed E-state index contributed by atoms with van der Waals surface area (Å²) in [6.07, 6.45) is 7.13. The summed E-state index contributed by atoms with van der Waals surface area (Å²) < 4.78 is 0. The summed E-state index contributed by atoms with van der Waals surface area (Å²) in [6, 6.07) is 4.78. The Morgan fingerprint density at radius 2 is 2.19 bits per heavy atom. The highest BCUT2D eigenvalue weighted by atomic mass is 32.1. The Labute approximate surface area is 130 Å². The van der Waals surface area contributed by atoms with Gasteiger partial charge in [-0.15, -0.1) is 11.3 Å². The van der Waals surface area contributed by atoms with Crippen molar-refractivity contribution in [1.29, 1.82) is 0 Å². The van der Waals surface area contributed by atoms with E-state index in [0.717, 1.165) is 25.2 Å². The molecule has 3 nitrogen and oxygen atoms in total. The molecule has 1 aromatic heterocycles. The second-order valence-corrected chi connectivity index (χ2v) is 8.35. The number of carbonyl (C=O) groups is 1. The third-order valence-electron chi connectivity index (χ3n) is 5.28. The molecule has 2 aliphatic carbocycles. The quantitative estimate of drug-likeness (QED) is 0.901. The third kappa shape index (κ3) is 2.33. The van der Waals surface area contributed by atoms with Crippen molar-refractivity contribution in [2.75, 3.05) is 0 Å². The molecular weight excluding hydrogens is 280 g/mol.